The standard InChI is InChI=1S/C17H22N2O7/c20-14(10-15(21)22)18-9-5-4-8-13(16(23)24)19-17(25)26-11-12-6-2-1-3-7-12/h1-3,6-7,13H,4-5,8-11H2,(H,18,20)(H,19,25)(H,21,22)(H,23,24)/t13-/m0/s1. The smallest absolute Gasteiger partial charge is 0.408 e. The largest absolute Gasteiger partial charge is 0.481 e. The normalized spacial score (nSPS) is 11.2. The van der Waals surface area contributed by atoms with Crippen LogP contribution in [0.1, 0.15) is 31.2 Å². The molecular weight excluding hydrogens is 344 g/mol. The minimum atomic E-state index is -1.22. The van der Waals surface area contributed by atoms with Crippen molar-refractivity contribution in [3.8, 4) is 0 Å². The number of carboxylic acids is 2. The van der Waals surface area contributed by atoms with E-state index in [9.17, 15) is 19.2 Å². The summed E-state index contributed by atoms with van der Waals surface area (Å²) in [5, 5.41) is 22.3. The van der Waals surface area contributed by atoms with Crippen molar-refractivity contribution in [1.82, 2.24) is 10.6 Å². The summed E-state index contributed by atoms with van der Waals surface area (Å²) in [6.45, 7) is 0.269. The quantitative estimate of drug-likeness (QED) is 0.340. The Kier molecular flexibility index (Phi) is 9.23. The third-order valence-electron chi connectivity index (χ3n) is 3.36. The van der Waals surface area contributed by atoms with Gasteiger partial charge < -0.3 is 25.6 Å². The number of ether oxygens (including phenoxy) is 1. The van der Waals surface area contributed by atoms with Crippen LogP contribution in [0.15, 0.2) is 30.3 Å². The van der Waals surface area contributed by atoms with Crippen LogP contribution in [-0.2, 0) is 25.7 Å². The SMILES string of the molecule is O=C(O)CC(=O)NCCCC[C@H](NC(=O)OCc1ccccc1)C(=O)O. The molecule has 0 fully saturated rings. The van der Waals surface area contributed by atoms with Crippen molar-refractivity contribution in [2.24, 2.45) is 0 Å². The topological polar surface area (TPSA) is 142 Å². The number of carbonyl (C=O) groups is 4. The molecule has 9 heteroatoms. The molecule has 142 valence electrons. The molecule has 0 unspecified atom stereocenters. The van der Waals surface area contributed by atoms with Crippen LogP contribution in [0, 0.1) is 0 Å². The maximum absolute atomic E-state index is 11.7. The molecule has 1 aromatic rings. The second kappa shape index (κ2) is 11.5. The van der Waals surface area contributed by atoms with Crippen molar-refractivity contribution < 1.29 is 34.1 Å². The molecule has 0 aromatic heterocycles. The summed E-state index contributed by atoms with van der Waals surface area (Å²) in [5.41, 5.74) is 0.784. The summed E-state index contributed by atoms with van der Waals surface area (Å²) in [6.07, 6.45) is -0.396. The Bertz CT molecular complexity index is 619. The number of carbonyl (C=O) groups excluding carboxylic acids is 2. The summed E-state index contributed by atoms with van der Waals surface area (Å²) in [6, 6.07) is 7.88. The molecule has 0 bridgehead atoms. The van der Waals surface area contributed by atoms with Gasteiger partial charge >= 0.3 is 18.0 Å². The highest BCUT2D eigenvalue weighted by Gasteiger charge is 2.20. The van der Waals surface area contributed by atoms with Gasteiger partial charge in [-0.3, -0.25) is 9.59 Å². The number of amides is 2. The number of rotatable bonds is 11. The molecule has 4 N–H and O–H groups in total. The minimum absolute atomic E-state index is 0.0363. The number of carboxylic acid groups (broad SMARTS) is 2. The van der Waals surface area contributed by atoms with Gasteiger partial charge in [0.2, 0.25) is 5.91 Å². The van der Waals surface area contributed by atoms with Crippen molar-refractivity contribution in [2.75, 3.05) is 6.54 Å². The minimum Gasteiger partial charge on any atom is -0.481 e. The molecule has 26 heavy (non-hydrogen) atoms. The number of unbranched alkanes of at least 4 members (excludes halogenated alkanes) is 1. The second-order valence-corrected chi connectivity index (χ2v) is 5.51. The van der Waals surface area contributed by atoms with E-state index in [-0.39, 0.29) is 19.6 Å². The first-order valence-electron chi connectivity index (χ1n) is 8.07. The maximum Gasteiger partial charge on any atom is 0.408 e. The Morgan fingerprint density at radius 2 is 1.73 bits per heavy atom. The third kappa shape index (κ3) is 9.26. The van der Waals surface area contributed by atoms with E-state index in [0.29, 0.717) is 12.8 Å². The zero-order valence-electron chi connectivity index (χ0n) is 14.1. The highest BCUT2D eigenvalue weighted by Crippen LogP contribution is 2.04. The zero-order chi connectivity index (χ0) is 19.4. The van der Waals surface area contributed by atoms with Crippen molar-refractivity contribution in [3.05, 3.63) is 35.9 Å². The summed E-state index contributed by atoms with van der Waals surface area (Å²) in [5.74, 6) is -3.00. The summed E-state index contributed by atoms with van der Waals surface area (Å²) < 4.78 is 4.98. The predicted molar refractivity (Wildman–Crippen MR) is 90.3 cm³/mol. The third-order valence-corrected chi connectivity index (χ3v) is 3.36. The zero-order valence-corrected chi connectivity index (χ0v) is 14.1. The summed E-state index contributed by atoms with van der Waals surface area (Å²) >= 11 is 0. The predicted octanol–water partition coefficient (Wildman–Crippen LogP) is 1.13. The Balaban J connectivity index is 2.26. The lowest BCUT2D eigenvalue weighted by molar-refractivity contribution is -0.141. The lowest BCUT2D eigenvalue weighted by atomic mass is 10.1. The van der Waals surface area contributed by atoms with Crippen LogP contribution in [0.25, 0.3) is 0 Å². The first kappa shape index (κ1) is 20.9. The number of nitrogens with one attached hydrogen (secondary N) is 2. The molecular formula is C17H22N2O7. The Hall–Kier alpha value is -3.10. The van der Waals surface area contributed by atoms with E-state index < -0.39 is 36.4 Å². The number of benzene rings is 1. The number of hydrogen-bond acceptors (Lipinski definition) is 5. The van der Waals surface area contributed by atoms with E-state index in [0.717, 1.165) is 5.56 Å². The maximum atomic E-state index is 11.7. The van der Waals surface area contributed by atoms with Gasteiger partial charge in [0.15, 0.2) is 0 Å². The average Bonchev–Trinajstić information content (AvgIpc) is 2.58. The van der Waals surface area contributed by atoms with E-state index in [4.69, 9.17) is 14.9 Å². The average molecular weight is 366 g/mol. The van der Waals surface area contributed by atoms with E-state index in [1.165, 1.54) is 0 Å². The van der Waals surface area contributed by atoms with Gasteiger partial charge in [-0.2, -0.15) is 0 Å². The van der Waals surface area contributed by atoms with Gasteiger partial charge in [0.1, 0.15) is 19.1 Å². The lowest BCUT2D eigenvalue weighted by Crippen LogP contribution is -2.41. The molecule has 0 heterocycles. The fourth-order valence-corrected chi connectivity index (χ4v) is 2.07. The number of hydrogen-bond donors (Lipinski definition) is 4. The van der Waals surface area contributed by atoms with Crippen LogP contribution >= 0.6 is 0 Å². The monoisotopic (exact) mass is 366 g/mol. The van der Waals surface area contributed by atoms with Gasteiger partial charge in [-0.1, -0.05) is 30.3 Å². The molecule has 1 atom stereocenters. The van der Waals surface area contributed by atoms with Gasteiger partial charge in [0.05, 0.1) is 0 Å². The molecule has 0 aliphatic carbocycles. The van der Waals surface area contributed by atoms with Gasteiger partial charge in [0.25, 0.3) is 0 Å². The van der Waals surface area contributed by atoms with Crippen LogP contribution in [0.3, 0.4) is 0 Å². The highest BCUT2D eigenvalue weighted by molar-refractivity contribution is 5.93. The summed E-state index contributed by atoms with van der Waals surface area (Å²) in [4.78, 5) is 44.4. The summed E-state index contributed by atoms with van der Waals surface area (Å²) in [7, 11) is 0. The Labute approximate surface area is 150 Å². The van der Waals surface area contributed by atoms with E-state index >= 15 is 0 Å². The molecule has 0 aliphatic rings. The van der Waals surface area contributed by atoms with Crippen LogP contribution in [0.5, 0.6) is 0 Å². The van der Waals surface area contributed by atoms with Crippen molar-refractivity contribution >= 4 is 23.9 Å². The number of alkyl carbamates (subject to hydrolysis) is 1. The van der Waals surface area contributed by atoms with Crippen LogP contribution in [0.4, 0.5) is 4.79 Å². The van der Waals surface area contributed by atoms with Gasteiger partial charge in [-0.25, -0.2) is 9.59 Å². The molecule has 9 nitrogen and oxygen atoms in total. The van der Waals surface area contributed by atoms with Crippen LogP contribution in [0.2, 0.25) is 0 Å². The van der Waals surface area contributed by atoms with E-state index in [1.807, 2.05) is 6.07 Å². The molecule has 0 saturated heterocycles. The molecule has 1 rings (SSSR count). The van der Waals surface area contributed by atoms with Crippen molar-refractivity contribution in [3.63, 3.8) is 0 Å². The van der Waals surface area contributed by atoms with Gasteiger partial charge in [0, 0.05) is 6.54 Å². The lowest BCUT2D eigenvalue weighted by Gasteiger charge is -2.14. The Morgan fingerprint density at radius 1 is 1.04 bits per heavy atom. The van der Waals surface area contributed by atoms with Crippen LogP contribution < -0.4 is 10.6 Å². The highest BCUT2D eigenvalue weighted by atomic mass is 16.5. The fraction of sp³-hybridized carbons (Fsp3) is 0.412. The second-order valence-electron chi connectivity index (χ2n) is 5.51. The fourth-order valence-electron chi connectivity index (χ4n) is 2.07. The first-order valence-corrected chi connectivity index (χ1v) is 8.07. The van der Waals surface area contributed by atoms with Crippen molar-refractivity contribution in [2.45, 2.75) is 38.3 Å². The van der Waals surface area contributed by atoms with E-state index in [1.54, 1.807) is 24.3 Å². The Morgan fingerprint density at radius 3 is 2.35 bits per heavy atom. The van der Waals surface area contributed by atoms with Gasteiger partial charge in [-0.15, -0.1) is 0 Å². The van der Waals surface area contributed by atoms with Crippen molar-refractivity contribution in [1.29, 1.82) is 0 Å². The molecule has 0 saturated carbocycles. The molecule has 1 aromatic carbocycles. The van der Waals surface area contributed by atoms with Gasteiger partial charge in [-0.05, 0) is 24.8 Å². The van der Waals surface area contributed by atoms with Crippen LogP contribution in [-0.4, -0.2) is 46.7 Å². The first-order chi connectivity index (χ1) is 12.4. The van der Waals surface area contributed by atoms with E-state index in [2.05, 4.69) is 10.6 Å². The molecule has 0 spiro atoms. The molecule has 0 aliphatic heterocycles. The number of aliphatic carboxylic acids is 2. The molecule has 2 amide bonds. The molecule has 0 radical (unpaired) electrons.